The highest BCUT2D eigenvalue weighted by Gasteiger charge is 2.48. The summed E-state index contributed by atoms with van der Waals surface area (Å²) in [4.78, 5) is 51.5. The van der Waals surface area contributed by atoms with Crippen molar-refractivity contribution in [2.24, 2.45) is 10.8 Å². The van der Waals surface area contributed by atoms with Gasteiger partial charge >= 0.3 is 0 Å². The van der Waals surface area contributed by atoms with Crippen molar-refractivity contribution < 1.29 is 36.6 Å². The van der Waals surface area contributed by atoms with Crippen molar-refractivity contribution in [2.45, 2.75) is 116 Å². The maximum atomic E-state index is 13.7. The van der Waals surface area contributed by atoms with Gasteiger partial charge in [0.25, 0.3) is 23.7 Å². The molecule has 12 nitrogen and oxygen atoms in total. The van der Waals surface area contributed by atoms with E-state index in [1.54, 1.807) is 24.8 Å². The maximum absolute atomic E-state index is 13.7. The number of H-pyrrole nitrogens is 2. The summed E-state index contributed by atoms with van der Waals surface area (Å²) in [7, 11) is 0. The number of ether oxygens (including phenoxy) is 2. The topological polar surface area (TPSA) is 160 Å². The molecule has 0 radical (unpaired) electrons. The Kier molecular flexibility index (Phi) is 10.7. The Morgan fingerprint density at radius 1 is 0.625 bits per heavy atom. The van der Waals surface area contributed by atoms with E-state index in [4.69, 9.17) is 9.47 Å². The molecule has 2 amide bonds. The molecule has 4 aromatic rings. The summed E-state index contributed by atoms with van der Waals surface area (Å²) in [6.07, 6.45) is 5.59. The van der Waals surface area contributed by atoms with Gasteiger partial charge < -0.3 is 30.1 Å². The zero-order valence-corrected chi connectivity index (χ0v) is 32.9. The smallest absolute Gasteiger partial charge is 0.271 e. The molecule has 0 saturated carbocycles. The largest absolute Gasteiger partial charge is 0.359 e. The molecule has 3 aromatic heterocycles. The highest BCUT2D eigenvalue weighted by atomic mass is 19.3. The van der Waals surface area contributed by atoms with Crippen LogP contribution in [0, 0.1) is 10.8 Å². The average Bonchev–Trinajstić information content (AvgIpc) is 3.82. The first-order chi connectivity index (χ1) is 26.0. The number of amides is 2. The molecule has 1 aromatic carbocycles. The average molecular weight is 783 g/mol. The quantitative estimate of drug-likeness (QED) is 0.126. The first-order valence-corrected chi connectivity index (χ1v) is 18.7. The van der Waals surface area contributed by atoms with Gasteiger partial charge in [0.2, 0.25) is 0 Å². The predicted octanol–water partition coefficient (Wildman–Crippen LogP) is 7.74. The monoisotopic (exact) mass is 782 g/mol. The van der Waals surface area contributed by atoms with Crippen LogP contribution >= 0.6 is 0 Å². The van der Waals surface area contributed by atoms with E-state index in [-0.39, 0.29) is 12.8 Å². The molecular formula is C40H50F4N8O4. The molecule has 302 valence electrons. The standard InChI is InChI=1S/C40H50F4N8O4/c1-35(2,3)28(51-33(53)37(7)13-15-39(41,42)21-55-37)31-47-19-26(49-31)23-9-11-24(12-10-23)30-45-17-25(18-46-30)27-20-48-32(50-27)29(36(4,5)6)52-34(54)38(8)14-16-40(43,44)22-56-38/h9-12,17-20,28-29H,13-16,21-22H2,1-8H3,(H,47,49)(H,48,50)(H,51,53)(H,52,54)/t28-,29-,37-,38-/m1/s1. The van der Waals surface area contributed by atoms with Crippen molar-refractivity contribution in [3.05, 3.63) is 60.7 Å². The van der Waals surface area contributed by atoms with Gasteiger partial charge in [0.05, 0.1) is 35.9 Å². The summed E-state index contributed by atoms with van der Waals surface area (Å²) >= 11 is 0. The number of hydrogen-bond acceptors (Lipinski definition) is 8. The minimum atomic E-state index is -2.95. The van der Waals surface area contributed by atoms with Crippen molar-refractivity contribution in [2.75, 3.05) is 13.2 Å². The van der Waals surface area contributed by atoms with Crippen LogP contribution in [0.4, 0.5) is 17.6 Å². The Labute approximate surface area is 323 Å². The Morgan fingerprint density at radius 2 is 1.02 bits per heavy atom. The van der Waals surface area contributed by atoms with E-state index in [2.05, 4.69) is 40.5 Å². The van der Waals surface area contributed by atoms with E-state index in [1.165, 1.54) is 13.8 Å². The minimum Gasteiger partial charge on any atom is -0.359 e. The van der Waals surface area contributed by atoms with Gasteiger partial charge in [-0.15, -0.1) is 0 Å². The van der Waals surface area contributed by atoms with Crippen LogP contribution in [-0.4, -0.2) is 78.0 Å². The zero-order valence-electron chi connectivity index (χ0n) is 32.9. The number of halogens is 4. The Hall–Kier alpha value is -4.70. The number of nitrogens with one attached hydrogen (secondary N) is 4. The molecule has 5 heterocycles. The molecule has 2 aliphatic rings. The fourth-order valence-electron chi connectivity index (χ4n) is 6.65. The van der Waals surface area contributed by atoms with Crippen molar-refractivity contribution >= 4 is 11.8 Å². The first-order valence-electron chi connectivity index (χ1n) is 18.7. The summed E-state index contributed by atoms with van der Waals surface area (Å²) in [6, 6.07) is 6.43. The molecule has 4 N–H and O–H groups in total. The molecular weight excluding hydrogens is 732 g/mol. The third-order valence-corrected chi connectivity index (χ3v) is 10.5. The number of aromatic nitrogens is 6. The van der Waals surface area contributed by atoms with Crippen molar-refractivity contribution in [1.82, 2.24) is 40.5 Å². The van der Waals surface area contributed by atoms with Crippen LogP contribution in [0.3, 0.4) is 0 Å². The molecule has 4 atom stereocenters. The molecule has 2 fully saturated rings. The van der Waals surface area contributed by atoms with Gasteiger partial charge in [-0.05, 0) is 43.1 Å². The SMILES string of the molecule is CC(C)(C)[C@H](NC(=O)[C@@]1(C)CCC(F)(F)CO1)c1ncc(-c2ccc(-c3ncc(-c4cnc([C@@H](NC(=O)[C@@]5(C)CCC(F)(F)CO5)C(C)(C)C)[nH]4)cn3)cc2)[nH]1. The summed E-state index contributed by atoms with van der Waals surface area (Å²) in [5, 5.41) is 5.97. The van der Waals surface area contributed by atoms with Gasteiger partial charge in [-0.3, -0.25) is 9.59 Å². The van der Waals surface area contributed by atoms with Crippen LogP contribution in [0.15, 0.2) is 49.1 Å². The molecule has 16 heteroatoms. The second-order valence-electron chi connectivity index (χ2n) is 17.5. The van der Waals surface area contributed by atoms with E-state index in [0.717, 1.165) is 11.1 Å². The second-order valence-corrected chi connectivity index (χ2v) is 17.5. The van der Waals surface area contributed by atoms with E-state index in [0.29, 0.717) is 34.4 Å². The fourth-order valence-corrected chi connectivity index (χ4v) is 6.65. The predicted molar refractivity (Wildman–Crippen MR) is 200 cm³/mol. The molecule has 2 aliphatic heterocycles. The second kappa shape index (κ2) is 14.7. The number of rotatable bonds is 9. The molecule has 0 aliphatic carbocycles. The van der Waals surface area contributed by atoms with Crippen molar-refractivity contribution in [1.29, 1.82) is 0 Å². The number of nitrogens with zero attached hydrogens (tertiary/aromatic N) is 4. The highest BCUT2D eigenvalue weighted by Crippen LogP contribution is 2.39. The molecule has 0 spiro atoms. The fraction of sp³-hybridized carbons (Fsp3) is 0.550. The number of carbonyl (C=O) groups excluding carboxylic acids is 2. The number of benzene rings is 1. The normalized spacial score (nSPS) is 23.6. The summed E-state index contributed by atoms with van der Waals surface area (Å²) in [5.74, 6) is -5.35. The first kappa shape index (κ1) is 40.9. The van der Waals surface area contributed by atoms with Crippen LogP contribution in [0.1, 0.15) is 105 Å². The van der Waals surface area contributed by atoms with E-state index in [1.807, 2.05) is 65.8 Å². The summed E-state index contributed by atoms with van der Waals surface area (Å²) < 4.78 is 65.6. The Balaban J connectivity index is 1.12. The van der Waals surface area contributed by atoms with Crippen LogP contribution in [0.5, 0.6) is 0 Å². The molecule has 0 unspecified atom stereocenters. The van der Waals surface area contributed by atoms with Gasteiger partial charge in [-0.2, -0.15) is 0 Å². The molecule has 0 bridgehead atoms. The number of imidazole rings is 2. The lowest BCUT2D eigenvalue weighted by Gasteiger charge is -2.38. The molecule has 6 rings (SSSR count). The van der Waals surface area contributed by atoms with Gasteiger partial charge in [-0.1, -0.05) is 65.8 Å². The van der Waals surface area contributed by atoms with Crippen molar-refractivity contribution in [3.63, 3.8) is 0 Å². The molecule has 2 saturated heterocycles. The van der Waals surface area contributed by atoms with E-state index in [9.17, 15) is 27.2 Å². The van der Waals surface area contributed by atoms with Crippen molar-refractivity contribution in [3.8, 4) is 33.9 Å². The lowest BCUT2D eigenvalue weighted by Crippen LogP contribution is -2.54. The van der Waals surface area contributed by atoms with Crippen LogP contribution in [0.2, 0.25) is 0 Å². The molecule has 56 heavy (non-hydrogen) atoms. The third-order valence-electron chi connectivity index (χ3n) is 10.5. The lowest BCUT2D eigenvalue weighted by molar-refractivity contribution is -0.190. The van der Waals surface area contributed by atoms with Crippen LogP contribution < -0.4 is 10.6 Å². The number of carbonyl (C=O) groups is 2. The van der Waals surface area contributed by atoms with E-state index >= 15 is 0 Å². The van der Waals surface area contributed by atoms with E-state index < -0.39 is 83.8 Å². The number of aromatic amines is 2. The summed E-state index contributed by atoms with van der Waals surface area (Å²) in [6.45, 7) is 13.2. The van der Waals surface area contributed by atoms with Gasteiger partial charge in [-0.25, -0.2) is 37.5 Å². The Bertz CT molecular complexity index is 1870. The minimum absolute atomic E-state index is 0.0970. The van der Waals surface area contributed by atoms with Gasteiger partial charge in [0.1, 0.15) is 36.1 Å². The zero-order chi connectivity index (χ0) is 40.9. The Morgan fingerprint density at radius 3 is 1.39 bits per heavy atom. The number of alkyl halides is 4. The lowest BCUT2D eigenvalue weighted by atomic mass is 9.85. The number of hydrogen-bond donors (Lipinski definition) is 4. The summed E-state index contributed by atoms with van der Waals surface area (Å²) in [5.41, 5.74) is -0.0913. The third kappa shape index (κ3) is 8.96. The highest BCUT2D eigenvalue weighted by molar-refractivity contribution is 5.86. The maximum Gasteiger partial charge on any atom is 0.271 e. The van der Waals surface area contributed by atoms with Crippen LogP contribution in [-0.2, 0) is 19.1 Å². The van der Waals surface area contributed by atoms with Gasteiger partial charge in [0.15, 0.2) is 5.82 Å². The van der Waals surface area contributed by atoms with Crippen LogP contribution in [0.25, 0.3) is 33.9 Å². The van der Waals surface area contributed by atoms with Gasteiger partial charge in [0, 0.05) is 36.4 Å².